The first kappa shape index (κ1) is 15.6. The fourth-order valence-corrected chi connectivity index (χ4v) is 0.873. The molecule has 0 aliphatic heterocycles. The smallest absolute Gasteiger partial charge is 0.408 e. The summed E-state index contributed by atoms with van der Waals surface area (Å²) < 4.78 is 28.9. The number of ether oxygens (including phenoxy) is 1. The van der Waals surface area contributed by atoms with Crippen LogP contribution in [0, 0.1) is 0 Å². The van der Waals surface area contributed by atoms with Crippen LogP contribution in [0.15, 0.2) is 0 Å². The maximum absolute atomic E-state index is 12.1. The number of carboxylic acid groups (broad SMARTS) is 1. The molecule has 0 bridgehead atoms. The molecular weight excluding hydrogens is 240 g/mol. The number of halogens is 2. The Hall–Kier alpha value is -1.44. The lowest BCUT2D eigenvalue weighted by Gasteiger charge is -2.23. The fraction of sp³-hybridized carbons (Fsp3) is 0.778. The van der Waals surface area contributed by atoms with Crippen molar-refractivity contribution < 1.29 is 33.3 Å². The van der Waals surface area contributed by atoms with Crippen molar-refractivity contribution in [1.82, 2.24) is 5.32 Å². The van der Waals surface area contributed by atoms with Gasteiger partial charge in [-0.15, -0.1) is 0 Å². The largest absolute Gasteiger partial charge is 0.480 e. The lowest BCUT2D eigenvalue weighted by molar-refractivity contribution is -0.146. The van der Waals surface area contributed by atoms with Gasteiger partial charge in [-0.25, -0.2) is 18.4 Å². The van der Waals surface area contributed by atoms with E-state index in [9.17, 15) is 18.4 Å². The zero-order chi connectivity index (χ0) is 13.8. The first-order valence-electron chi connectivity index (χ1n) is 4.73. The maximum atomic E-state index is 12.1. The Bertz CT molecular complexity index is 290. The highest BCUT2D eigenvalue weighted by atomic mass is 19.3. The number of alkyl halides is 2. The zero-order valence-electron chi connectivity index (χ0n) is 9.61. The second kappa shape index (κ2) is 5.76. The van der Waals surface area contributed by atoms with E-state index in [1.807, 2.05) is 0 Å². The van der Waals surface area contributed by atoms with Gasteiger partial charge in [0.25, 0.3) is 6.43 Å². The van der Waals surface area contributed by atoms with Gasteiger partial charge in [0.1, 0.15) is 11.7 Å². The van der Waals surface area contributed by atoms with E-state index in [-0.39, 0.29) is 0 Å². The average Bonchev–Trinajstić information content (AvgIpc) is 2.09. The van der Waals surface area contributed by atoms with Gasteiger partial charge in [-0.05, 0) is 20.8 Å². The van der Waals surface area contributed by atoms with Crippen LogP contribution >= 0.6 is 0 Å². The third-order valence-electron chi connectivity index (χ3n) is 1.54. The van der Waals surface area contributed by atoms with Crippen LogP contribution in [0.1, 0.15) is 20.8 Å². The van der Waals surface area contributed by atoms with Gasteiger partial charge in [0.2, 0.25) is 0 Å². The molecule has 0 fully saturated rings. The summed E-state index contributed by atoms with van der Waals surface area (Å²) in [4.78, 5) is 21.7. The molecule has 6 nitrogen and oxygen atoms in total. The number of hydrogen-bond acceptors (Lipinski definition) is 4. The molecule has 2 atom stereocenters. The number of aliphatic hydroxyl groups excluding tert-OH is 1. The summed E-state index contributed by atoms with van der Waals surface area (Å²) in [5.41, 5.74) is -0.900. The minimum Gasteiger partial charge on any atom is -0.480 e. The number of aliphatic carboxylic acids is 1. The molecule has 0 aromatic rings. The Balaban J connectivity index is 4.57. The highest BCUT2D eigenvalue weighted by Crippen LogP contribution is 2.09. The highest BCUT2D eigenvalue weighted by molar-refractivity contribution is 5.80. The number of carboxylic acids is 1. The van der Waals surface area contributed by atoms with Crippen molar-refractivity contribution >= 4 is 12.1 Å². The van der Waals surface area contributed by atoms with Gasteiger partial charge in [-0.3, -0.25) is 0 Å². The summed E-state index contributed by atoms with van der Waals surface area (Å²) in [6.45, 7) is 4.56. The van der Waals surface area contributed by atoms with E-state index in [0.717, 1.165) is 0 Å². The molecule has 3 N–H and O–H groups in total. The Morgan fingerprint density at radius 3 is 2.06 bits per heavy atom. The first-order valence-corrected chi connectivity index (χ1v) is 4.73. The van der Waals surface area contributed by atoms with Gasteiger partial charge < -0.3 is 20.3 Å². The van der Waals surface area contributed by atoms with Crippen LogP contribution in [0.25, 0.3) is 0 Å². The number of nitrogens with one attached hydrogen (secondary N) is 1. The fourth-order valence-electron chi connectivity index (χ4n) is 0.873. The van der Waals surface area contributed by atoms with Gasteiger partial charge >= 0.3 is 12.1 Å². The van der Waals surface area contributed by atoms with E-state index in [1.54, 1.807) is 5.32 Å². The monoisotopic (exact) mass is 255 g/mol. The minimum atomic E-state index is -3.29. The normalized spacial score (nSPS) is 15.2. The summed E-state index contributed by atoms with van der Waals surface area (Å²) in [6.07, 6.45) is -6.98. The first-order chi connectivity index (χ1) is 7.54. The van der Waals surface area contributed by atoms with Crippen LogP contribution in [-0.4, -0.2) is 46.4 Å². The van der Waals surface area contributed by atoms with E-state index in [1.165, 1.54) is 20.8 Å². The summed E-state index contributed by atoms with van der Waals surface area (Å²) in [5, 5.41) is 19.1. The van der Waals surface area contributed by atoms with Crippen molar-refractivity contribution in [1.29, 1.82) is 0 Å². The van der Waals surface area contributed by atoms with E-state index >= 15 is 0 Å². The molecule has 0 unspecified atom stereocenters. The summed E-state index contributed by atoms with van der Waals surface area (Å²) in [6, 6.07) is -2.12. The van der Waals surface area contributed by atoms with E-state index in [0.29, 0.717) is 0 Å². The molecule has 0 saturated heterocycles. The van der Waals surface area contributed by atoms with Crippen LogP contribution in [0.2, 0.25) is 0 Å². The summed E-state index contributed by atoms with van der Waals surface area (Å²) in [5.74, 6) is -1.77. The third-order valence-corrected chi connectivity index (χ3v) is 1.54. The number of aliphatic hydroxyl groups is 1. The average molecular weight is 255 g/mol. The zero-order valence-corrected chi connectivity index (χ0v) is 9.61. The Morgan fingerprint density at radius 1 is 1.29 bits per heavy atom. The number of alkyl carbamates (subject to hydrolysis) is 1. The molecule has 0 radical (unpaired) electrons. The molecule has 8 heteroatoms. The minimum absolute atomic E-state index is 0.900. The molecular formula is C9H15F2NO5. The van der Waals surface area contributed by atoms with Crippen molar-refractivity contribution in [2.75, 3.05) is 0 Å². The predicted octanol–water partition coefficient (Wildman–Crippen LogP) is 0.590. The van der Waals surface area contributed by atoms with Crippen LogP contribution in [0.4, 0.5) is 13.6 Å². The SMILES string of the molecule is CC(C)(C)OC(=O)N[C@H](C(=O)O)[C@@H](O)C(F)F. The van der Waals surface area contributed by atoms with Gasteiger partial charge in [0, 0.05) is 0 Å². The molecule has 100 valence electrons. The predicted molar refractivity (Wildman–Crippen MR) is 52.8 cm³/mol. The molecule has 0 rings (SSSR count). The van der Waals surface area contributed by atoms with Crippen LogP contribution < -0.4 is 5.32 Å². The summed E-state index contributed by atoms with van der Waals surface area (Å²) in [7, 11) is 0. The summed E-state index contributed by atoms with van der Waals surface area (Å²) >= 11 is 0. The quantitative estimate of drug-likeness (QED) is 0.683. The molecule has 0 spiro atoms. The Labute approximate surface area is 96.6 Å². The second-order valence-corrected chi connectivity index (χ2v) is 4.29. The van der Waals surface area contributed by atoms with Gasteiger partial charge in [0.05, 0.1) is 0 Å². The van der Waals surface area contributed by atoms with E-state index < -0.39 is 36.2 Å². The molecule has 0 heterocycles. The highest BCUT2D eigenvalue weighted by Gasteiger charge is 2.35. The van der Waals surface area contributed by atoms with Crippen molar-refractivity contribution in [3.05, 3.63) is 0 Å². The number of carbonyl (C=O) groups excluding carboxylic acids is 1. The van der Waals surface area contributed by atoms with E-state index in [4.69, 9.17) is 10.2 Å². The molecule has 1 amide bonds. The molecule has 17 heavy (non-hydrogen) atoms. The number of hydrogen-bond donors (Lipinski definition) is 3. The van der Waals surface area contributed by atoms with Gasteiger partial charge in [0.15, 0.2) is 6.04 Å². The number of carbonyl (C=O) groups is 2. The van der Waals surface area contributed by atoms with Gasteiger partial charge in [-0.1, -0.05) is 0 Å². The molecule has 0 aromatic carbocycles. The molecule has 0 saturated carbocycles. The van der Waals surface area contributed by atoms with Crippen molar-refractivity contribution in [3.63, 3.8) is 0 Å². The topological polar surface area (TPSA) is 95.9 Å². The Kier molecular flexibility index (Phi) is 5.27. The van der Waals surface area contributed by atoms with Crippen LogP contribution in [-0.2, 0) is 9.53 Å². The van der Waals surface area contributed by atoms with E-state index in [2.05, 4.69) is 4.74 Å². The van der Waals surface area contributed by atoms with Crippen molar-refractivity contribution in [2.24, 2.45) is 0 Å². The standard InChI is InChI=1S/C9H15F2NO5/c1-9(2,3)17-8(16)12-4(7(14)15)5(13)6(10)11/h4-6,13H,1-3H3,(H,12,16)(H,14,15)/t4-,5+/m0/s1. The van der Waals surface area contributed by atoms with Gasteiger partial charge in [-0.2, -0.15) is 0 Å². The lowest BCUT2D eigenvalue weighted by atomic mass is 10.1. The molecule has 0 aliphatic carbocycles. The van der Waals surface area contributed by atoms with Crippen LogP contribution in [0.3, 0.4) is 0 Å². The lowest BCUT2D eigenvalue weighted by Crippen LogP contribution is -2.52. The second-order valence-electron chi connectivity index (χ2n) is 4.29. The van der Waals surface area contributed by atoms with Crippen molar-refractivity contribution in [2.45, 2.75) is 44.9 Å². The third kappa shape index (κ3) is 6.00. The maximum Gasteiger partial charge on any atom is 0.408 e. The van der Waals surface area contributed by atoms with Crippen molar-refractivity contribution in [3.8, 4) is 0 Å². The van der Waals surface area contributed by atoms with Crippen LogP contribution in [0.5, 0.6) is 0 Å². The number of amides is 1. The molecule has 0 aromatic heterocycles. The Morgan fingerprint density at radius 2 is 1.76 bits per heavy atom. The molecule has 0 aliphatic rings. The number of rotatable bonds is 4.